The molecule has 0 aliphatic carbocycles. The van der Waals surface area contributed by atoms with Gasteiger partial charge in [0.05, 0.1) is 12.8 Å². The highest BCUT2D eigenvalue weighted by atomic mass is 32.1. The van der Waals surface area contributed by atoms with Gasteiger partial charge in [0.2, 0.25) is 5.91 Å². The molecule has 2 heterocycles. The molecular formula is C23H19FN2O6S. The Labute approximate surface area is 191 Å². The maximum atomic E-state index is 13.9. The predicted octanol–water partition coefficient (Wildman–Crippen LogP) is 3.60. The highest BCUT2D eigenvalue weighted by Gasteiger charge is 2.35. The molecule has 1 aliphatic heterocycles. The summed E-state index contributed by atoms with van der Waals surface area (Å²) in [6, 6.07) is 10.6. The fourth-order valence-corrected chi connectivity index (χ4v) is 5.04. The first kappa shape index (κ1) is 22.3. The fraction of sp³-hybridized carbons (Fsp3) is 0.174. The van der Waals surface area contributed by atoms with Crippen molar-refractivity contribution in [3.8, 4) is 22.6 Å². The lowest BCUT2D eigenvalue weighted by Gasteiger charge is -2.24. The van der Waals surface area contributed by atoms with E-state index in [2.05, 4.69) is 5.32 Å². The second-order valence-electron chi connectivity index (χ2n) is 7.33. The van der Waals surface area contributed by atoms with Crippen molar-refractivity contribution in [3.63, 3.8) is 0 Å². The Morgan fingerprint density at radius 1 is 1.24 bits per heavy atom. The number of anilines is 1. The molecule has 0 unspecified atom stereocenters. The quantitative estimate of drug-likeness (QED) is 0.484. The summed E-state index contributed by atoms with van der Waals surface area (Å²) in [4.78, 5) is 36.3. The van der Waals surface area contributed by atoms with E-state index in [0.29, 0.717) is 33.2 Å². The zero-order chi connectivity index (χ0) is 23.7. The number of nitrogens with two attached hydrogens (primary N) is 1. The van der Waals surface area contributed by atoms with Crippen LogP contribution in [0.1, 0.15) is 32.5 Å². The minimum atomic E-state index is -1.17. The van der Waals surface area contributed by atoms with Crippen LogP contribution in [0, 0.1) is 5.82 Å². The maximum absolute atomic E-state index is 13.9. The Bertz CT molecular complexity index is 1270. The molecular weight excluding hydrogens is 451 g/mol. The number of carbonyl (C=O) groups excluding carboxylic acids is 2. The summed E-state index contributed by atoms with van der Waals surface area (Å²) in [5, 5.41) is 12.6. The Balaban J connectivity index is 1.83. The Hall–Kier alpha value is -3.92. The zero-order valence-electron chi connectivity index (χ0n) is 17.4. The second-order valence-corrected chi connectivity index (χ2v) is 8.38. The van der Waals surface area contributed by atoms with E-state index in [4.69, 9.17) is 15.2 Å². The lowest BCUT2D eigenvalue weighted by molar-refractivity contribution is -0.120. The van der Waals surface area contributed by atoms with Crippen molar-refractivity contribution >= 4 is 34.8 Å². The van der Waals surface area contributed by atoms with Crippen molar-refractivity contribution in [1.29, 1.82) is 0 Å². The highest BCUT2D eigenvalue weighted by molar-refractivity contribution is 7.15. The number of nitrogens with one attached hydrogen (secondary N) is 1. The van der Waals surface area contributed by atoms with Crippen LogP contribution in [-0.4, -0.2) is 36.6 Å². The van der Waals surface area contributed by atoms with E-state index >= 15 is 0 Å². The molecule has 0 radical (unpaired) electrons. The van der Waals surface area contributed by atoms with E-state index < -0.39 is 23.6 Å². The number of fused-ring (bicyclic) bond motifs is 1. The van der Waals surface area contributed by atoms with Crippen LogP contribution < -0.4 is 20.5 Å². The van der Waals surface area contributed by atoms with Crippen molar-refractivity contribution in [1.82, 2.24) is 0 Å². The van der Waals surface area contributed by atoms with Crippen LogP contribution in [0.15, 0.2) is 42.5 Å². The Kier molecular flexibility index (Phi) is 6.01. The third-order valence-electron chi connectivity index (χ3n) is 5.17. The summed E-state index contributed by atoms with van der Waals surface area (Å²) in [5.41, 5.74) is 6.81. The van der Waals surface area contributed by atoms with Gasteiger partial charge < -0.3 is 25.6 Å². The van der Waals surface area contributed by atoms with Crippen LogP contribution in [-0.2, 0) is 9.59 Å². The maximum Gasteiger partial charge on any atom is 0.346 e. The first-order valence-corrected chi connectivity index (χ1v) is 10.6. The van der Waals surface area contributed by atoms with E-state index in [9.17, 15) is 23.9 Å². The predicted molar refractivity (Wildman–Crippen MR) is 119 cm³/mol. The first-order valence-electron chi connectivity index (χ1n) is 9.83. The number of thiophene rings is 1. The molecule has 1 aliphatic rings. The lowest BCUT2D eigenvalue weighted by atomic mass is 9.88. The molecule has 3 aromatic rings. The summed E-state index contributed by atoms with van der Waals surface area (Å²) < 4.78 is 24.6. The van der Waals surface area contributed by atoms with Crippen molar-refractivity contribution < 1.29 is 33.4 Å². The number of carbonyl (C=O) groups is 3. The third kappa shape index (κ3) is 4.37. The average Bonchev–Trinajstić information content (AvgIpc) is 3.16. The molecule has 0 saturated heterocycles. The summed E-state index contributed by atoms with van der Waals surface area (Å²) >= 11 is 1.04. The molecule has 2 aromatic carbocycles. The van der Waals surface area contributed by atoms with E-state index in [-0.39, 0.29) is 29.4 Å². The topological polar surface area (TPSA) is 128 Å². The van der Waals surface area contributed by atoms with E-state index in [1.807, 2.05) is 0 Å². The van der Waals surface area contributed by atoms with Gasteiger partial charge in [0.25, 0.3) is 5.91 Å². The second kappa shape index (κ2) is 8.91. The molecule has 170 valence electrons. The minimum absolute atomic E-state index is 0.00572. The van der Waals surface area contributed by atoms with E-state index in [1.54, 1.807) is 24.3 Å². The number of hydrogen-bond acceptors (Lipinski definition) is 6. The summed E-state index contributed by atoms with van der Waals surface area (Å²) in [6.07, 6.45) is 0.0831. The molecule has 4 rings (SSSR count). The molecule has 10 heteroatoms. The van der Waals surface area contributed by atoms with Gasteiger partial charge in [-0.05, 0) is 35.4 Å². The van der Waals surface area contributed by atoms with Gasteiger partial charge in [-0.3, -0.25) is 9.59 Å². The number of amides is 2. The van der Waals surface area contributed by atoms with Crippen molar-refractivity contribution in [2.24, 2.45) is 5.73 Å². The normalized spacial score (nSPS) is 14.8. The number of hydrogen-bond donors (Lipinski definition) is 3. The molecule has 0 saturated carbocycles. The van der Waals surface area contributed by atoms with Crippen molar-refractivity contribution in [3.05, 3.63) is 63.6 Å². The van der Waals surface area contributed by atoms with Gasteiger partial charge in [0.15, 0.2) is 18.1 Å². The van der Waals surface area contributed by atoms with Crippen LogP contribution in [0.4, 0.5) is 10.1 Å². The van der Waals surface area contributed by atoms with Gasteiger partial charge in [0.1, 0.15) is 10.7 Å². The smallest absolute Gasteiger partial charge is 0.346 e. The van der Waals surface area contributed by atoms with Gasteiger partial charge in [-0.2, -0.15) is 0 Å². The number of ether oxygens (including phenoxy) is 2. The monoisotopic (exact) mass is 470 g/mol. The number of methoxy groups -OCH3 is 1. The van der Waals surface area contributed by atoms with Crippen molar-refractivity contribution in [2.45, 2.75) is 12.3 Å². The number of carboxylic acid groups (broad SMARTS) is 1. The summed E-state index contributed by atoms with van der Waals surface area (Å²) in [7, 11) is 1.44. The van der Waals surface area contributed by atoms with Crippen LogP contribution in [0.3, 0.4) is 0 Å². The van der Waals surface area contributed by atoms with Crippen LogP contribution in [0.25, 0.3) is 11.1 Å². The third-order valence-corrected chi connectivity index (χ3v) is 6.46. The van der Waals surface area contributed by atoms with Crippen LogP contribution >= 0.6 is 11.3 Å². The first-order chi connectivity index (χ1) is 15.8. The zero-order valence-corrected chi connectivity index (χ0v) is 18.2. The highest BCUT2D eigenvalue weighted by Crippen LogP contribution is 2.50. The molecule has 2 amide bonds. The van der Waals surface area contributed by atoms with Gasteiger partial charge in [-0.15, -0.1) is 11.3 Å². The number of halogens is 1. The minimum Gasteiger partial charge on any atom is -0.493 e. The van der Waals surface area contributed by atoms with E-state index in [0.717, 1.165) is 11.3 Å². The number of rotatable bonds is 7. The van der Waals surface area contributed by atoms with Gasteiger partial charge in [-0.25, -0.2) is 9.18 Å². The summed E-state index contributed by atoms with van der Waals surface area (Å²) in [5.74, 6) is -2.45. The Morgan fingerprint density at radius 3 is 2.70 bits per heavy atom. The van der Waals surface area contributed by atoms with Crippen LogP contribution in [0.2, 0.25) is 0 Å². The SMILES string of the molecule is COc1cc([C@H]2CC(=O)Nc3c2sc(C(=O)O)c3-c2cccc(F)c2)ccc1OCC(N)=O. The number of aromatic carboxylic acids is 1. The average molecular weight is 470 g/mol. The lowest BCUT2D eigenvalue weighted by Crippen LogP contribution is -2.22. The van der Waals surface area contributed by atoms with Gasteiger partial charge in [-0.1, -0.05) is 18.2 Å². The molecule has 1 atom stereocenters. The molecule has 4 N–H and O–H groups in total. The molecule has 1 aromatic heterocycles. The standard InChI is InChI=1S/C23H19FN2O6S/c1-31-16-8-11(5-6-15(16)32-10-17(25)27)14-9-18(28)26-20-19(12-3-2-4-13(24)7-12)22(23(29)30)33-21(14)20/h2-8,14H,9-10H2,1H3,(H2,25,27)(H,26,28)(H,29,30)/t14-/m1/s1. The number of primary amides is 1. The number of benzene rings is 2. The molecule has 8 nitrogen and oxygen atoms in total. The molecule has 0 fully saturated rings. The molecule has 0 spiro atoms. The van der Waals surface area contributed by atoms with Gasteiger partial charge in [0, 0.05) is 22.8 Å². The van der Waals surface area contributed by atoms with Crippen molar-refractivity contribution in [2.75, 3.05) is 19.0 Å². The number of carboxylic acids is 1. The van der Waals surface area contributed by atoms with Gasteiger partial charge >= 0.3 is 5.97 Å². The molecule has 33 heavy (non-hydrogen) atoms. The Morgan fingerprint density at radius 2 is 2.03 bits per heavy atom. The summed E-state index contributed by atoms with van der Waals surface area (Å²) in [6.45, 7) is -0.324. The largest absolute Gasteiger partial charge is 0.493 e. The van der Waals surface area contributed by atoms with Crippen LogP contribution in [0.5, 0.6) is 11.5 Å². The fourth-order valence-electron chi connectivity index (χ4n) is 3.80. The molecule has 0 bridgehead atoms. The van der Waals surface area contributed by atoms with E-state index in [1.165, 1.54) is 25.3 Å².